The predicted octanol–water partition coefficient (Wildman–Crippen LogP) is 8.66. The first-order chi connectivity index (χ1) is 14.0. The quantitative estimate of drug-likeness (QED) is 0.310. The number of fused-ring (bicyclic) bond motifs is 1. The van der Waals surface area contributed by atoms with Gasteiger partial charge in [0.25, 0.3) is 0 Å². The van der Waals surface area contributed by atoms with Crippen molar-refractivity contribution in [3.63, 3.8) is 0 Å². The van der Waals surface area contributed by atoms with Gasteiger partial charge in [-0.05, 0) is 63.1 Å². The molecule has 0 fully saturated rings. The third-order valence-corrected chi connectivity index (χ3v) is 7.05. The van der Waals surface area contributed by atoms with Crippen LogP contribution in [0.15, 0.2) is 60.7 Å². The Balaban J connectivity index is 0.000000181. The van der Waals surface area contributed by atoms with E-state index in [0.29, 0.717) is 11.8 Å². The van der Waals surface area contributed by atoms with Crippen LogP contribution in [0.25, 0.3) is 10.8 Å². The van der Waals surface area contributed by atoms with Crippen LogP contribution in [-0.2, 0) is 39.1 Å². The summed E-state index contributed by atoms with van der Waals surface area (Å²) in [5, 5.41) is 2.91. The molecule has 0 N–H and O–H groups in total. The van der Waals surface area contributed by atoms with Gasteiger partial charge in [-0.2, -0.15) is 13.3 Å². The van der Waals surface area contributed by atoms with Crippen molar-refractivity contribution in [1.82, 2.24) is 0 Å². The minimum Gasteiger partial charge on any atom is -0.332 e. The normalized spacial score (nSPS) is 22.9. The maximum absolute atomic E-state index is 2.34. The first kappa shape index (κ1) is 25.3. The van der Waals surface area contributed by atoms with E-state index in [1.807, 2.05) is 0 Å². The SMILES string of the molecule is CC1Cc2ccccc2C1C.CC1c2cccc3cccc(c23)C1C.C[CH-]CC.[Y]. The van der Waals surface area contributed by atoms with Crippen LogP contribution in [0.2, 0.25) is 0 Å². The number of rotatable bonds is 1. The topological polar surface area (TPSA) is 0 Å². The Morgan fingerprint density at radius 3 is 1.73 bits per heavy atom. The number of unbranched alkanes of at least 4 members (excludes halogenated alkanes) is 1. The van der Waals surface area contributed by atoms with E-state index in [1.165, 1.54) is 34.7 Å². The Hall–Kier alpha value is -0.976. The van der Waals surface area contributed by atoms with Gasteiger partial charge in [0, 0.05) is 32.7 Å². The van der Waals surface area contributed by atoms with Gasteiger partial charge < -0.3 is 6.42 Å². The van der Waals surface area contributed by atoms with Gasteiger partial charge in [0.1, 0.15) is 0 Å². The minimum absolute atomic E-state index is 0. The van der Waals surface area contributed by atoms with E-state index >= 15 is 0 Å². The molecule has 5 rings (SSSR count). The Morgan fingerprint density at radius 1 is 0.733 bits per heavy atom. The van der Waals surface area contributed by atoms with Crippen molar-refractivity contribution < 1.29 is 32.7 Å². The van der Waals surface area contributed by atoms with E-state index in [-0.39, 0.29) is 32.7 Å². The second kappa shape index (κ2) is 11.6. The summed E-state index contributed by atoms with van der Waals surface area (Å²) in [6, 6.07) is 22.2. The number of benzene rings is 3. The van der Waals surface area contributed by atoms with Crippen LogP contribution in [0, 0.1) is 12.3 Å². The standard InChI is InChI=1S/C14H14.C11H14.C4H9.Y/c1-9-10(2)13-8-4-6-11-5-3-7-12(9)14(11)13;1-8-7-10-5-3-4-6-11(10)9(8)2;1-3-4-2;/h3-10H,1-2H3;3-6,8-9H,7H2,1-2H3;3H,4H2,1-2H3;/q;;-1;. The van der Waals surface area contributed by atoms with Crippen LogP contribution in [-0.4, -0.2) is 0 Å². The van der Waals surface area contributed by atoms with Crippen LogP contribution in [0.1, 0.15) is 88.0 Å². The summed E-state index contributed by atoms with van der Waals surface area (Å²) >= 11 is 0. The molecule has 4 atom stereocenters. The van der Waals surface area contributed by atoms with Gasteiger partial charge >= 0.3 is 0 Å². The fourth-order valence-corrected chi connectivity index (χ4v) is 4.69. The summed E-state index contributed by atoms with van der Waals surface area (Å²) in [6.45, 7) is 13.5. The van der Waals surface area contributed by atoms with E-state index in [0.717, 1.165) is 11.8 Å². The molecule has 0 nitrogen and oxygen atoms in total. The van der Waals surface area contributed by atoms with E-state index in [1.54, 1.807) is 11.1 Å². The van der Waals surface area contributed by atoms with Crippen molar-refractivity contribution in [1.29, 1.82) is 0 Å². The van der Waals surface area contributed by atoms with Gasteiger partial charge in [-0.15, -0.1) is 0 Å². The third-order valence-electron chi connectivity index (χ3n) is 7.05. The number of hydrogen-bond acceptors (Lipinski definition) is 0. The van der Waals surface area contributed by atoms with Crippen molar-refractivity contribution in [2.45, 2.75) is 72.1 Å². The molecular formula is C29H37Y-. The molecule has 2 aliphatic rings. The van der Waals surface area contributed by atoms with Gasteiger partial charge in [0.15, 0.2) is 0 Å². The molecule has 0 aliphatic heterocycles. The average molecular weight is 475 g/mol. The van der Waals surface area contributed by atoms with Crippen LogP contribution in [0.5, 0.6) is 0 Å². The first-order valence-corrected chi connectivity index (χ1v) is 11.4. The van der Waals surface area contributed by atoms with Gasteiger partial charge in [-0.3, -0.25) is 0 Å². The molecule has 30 heavy (non-hydrogen) atoms. The van der Waals surface area contributed by atoms with Crippen molar-refractivity contribution in [3.8, 4) is 0 Å². The van der Waals surface area contributed by atoms with Crippen LogP contribution in [0.3, 0.4) is 0 Å². The molecule has 1 heteroatoms. The Bertz CT molecular complexity index is 897. The Labute approximate surface area is 209 Å². The molecule has 1 radical (unpaired) electrons. The van der Waals surface area contributed by atoms with Gasteiger partial charge in [0.2, 0.25) is 0 Å². The summed E-state index contributed by atoms with van der Waals surface area (Å²) in [4.78, 5) is 0. The van der Waals surface area contributed by atoms with E-state index in [4.69, 9.17) is 0 Å². The maximum atomic E-state index is 2.34. The van der Waals surface area contributed by atoms with E-state index in [2.05, 4.69) is 109 Å². The van der Waals surface area contributed by atoms with Gasteiger partial charge in [-0.25, -0.2) is 0 Å². The molecule has 0 saturated heterocycles. The smallest absolute Gasteiger partial charge is 0 e. The Kier molecular flexibility index (Phi) is 9.77. The summed E-state index contributed by atoms with van der Waals surface area (Å²) in [6.07, 6.45) is 4.59. The third kappa shape index (κ3) is 5.25. The Morgan fingerprint density at radius 2 is 1.23 bits per heavy atom. The zero-order valence-electron chi connectivity index (χ0n) is 19.7. The minimum atomic E-state index is 0. The predicted molar refractivity (Wildman–Crippen MR) is 129 cm³/mol. The van der Waals surface area contributed by atoms with E-state index < -0.39 is 0 Å². The molecule has 3 aromatic rings. The van der Waals surface area contributed by atoms with Crippen LogP contribution in [0.4, 0.5) is 0 Å². The zero-order valence-corrected chi connectivity index (χ0v) is 22.5. The molecule has 0 spiro atoms. The summed E-state index contributed by atoms with van der Waals surface area (Å²) in [7, 11) is 0. The van der Waals surface area contributed by atoms with Crippen molar-refractivity contribution in [2.75, 3.05) is 0 Å². The average Bonchev–Trinajstić information content (AvgIpc) is 3.19. The maximum Gasteiger partial charge on any atom is 0 e. The fourth-order valence-electron chi connectivity index (χ4n) is 4.69. The molecule has 3 aromatic carbocycles. The first-order valence-electron chi connectivity index (χ1n) is 11.4. The summed E-state index contributed by atoms with van der Waals surface area (Å²) in [5.41, 5.74) is 6.20. The molecule has 0 heterocycles. The zero-order chi connectivity index (χ0) is 21.0. The van der Waals surface area contributed by atoms with Gasteiger partial charge in [0.05, 0.1) is 0 Å². The van der Waals surface area contributed by atoms with Crippen LogP contribution < -0.4 is 0 Å². The summed E-state index contributed by atoms with van der Waals surface area (Å²) in [5.74, 6) is 2.96. The molecule has 0 amide bonds. The summed E-state index contributed by atoms with van der Waals surface area (Å²) < 4.78 is 0. The fraction of sp³-hybridized carbons (Fsp3) is 0.414. The molecule has 0 saturated carbocycles. The monoisotopic (exact) mass is 474 g/mol. The molecule has 0 bridgehead atoms. The molecular weight excluding hydrogens is 437 g/mol. The molecule has 4 unspecified atom stereocenters. The van der Waals surface area contributed by atoms with E-state index in [9.17, 15) is 0 Å². The van der Waals surface area contributed by atoms with Crippen LogP contribution >= 0.6 is 0 Å². The number of hydrogen-bond donors (Lipinski definition) is 0. The largest absolute Gasteiger partial charge is 0.332 e. The molecule has 2 aliphatic carbocycles. The second-order valence-electron chi connectivity index (χ2n) is 8.86. The second-order valence-corrected chi connectivity index (χ2v) is 8.86. The van der Waals surface area contributed by atoms with Crippen molar-refractivity contribution in [2.24, 2.45) is 5.92 Å². The molecule has 157 valence electrons. The van der Waals surface area contributed by atoms with Crippen molar-refractivity contribution >= 4 is 10.8 Å². The molecule has 0 aromatic heterocycles. The van der Waals surface area contributed by atoms with Gasteiger partial charge in [-0.1, -0.05) is 95.3 Å². The van der Waals surface area contributed by atoms with Crippen molar-refractivity contribution in [3.05, 3.63) is 89.3 Å².